The van der Waals surface area contributed by atoms with E-state index < -0.39 is 12.4 Å². The first-order chi connectivity index (χ1) is 12.3. The van der Waals surface area contributed by atoms with Crippen molar-refractivity contribution in [2.24, 2.45) is 0 Å². The summed E-state index contributed by atoms with van der Waals surface area (Å²) < 4.78 is 38.9. The van der Waals surface area contributed by atoms with E-state index >= 15 is 0 Å². The number of phenolic OH excluding ortho intramolecular Hbond substituents is 1. The largest absolute Gasteiger partial charge is 0.503 e. The lowest BCUT2D eigenvalue weighted by molar-refractivity contribution is -0.0512. The third-order valence-electron chi connectivity index (χ3n) is 3.36. The van der Waals surface area contributed by atoms with Crippen LogP contribution in [-0.2, 0) is 0 Å². The quantitative estimate of drug-likeness (QED) is 0.560. The Bertz CT molecular complexity index is 837. The van der Waals surface area contributed by atoms with E-state index in [4.69, 9.17) is 21.1 Å². The zero-order valence-corrected chi connectivity index (χ0v) is 14.6. The van der Waals surface area contributed by atoms with E-state index in [1.54, 1.807) is 0 Å². The van der Waals surface area contributed by atoms with Crippen LogP contribution < -0.4 is 14.2 Å². The van der Waals surface area contributed by atoms with Crippen LogP contribution in [0.15, 0.2) is 36.4 Å². The van der Waals surface area contributed by atoms with E-state index in [0.29, 0.717) is 5.56 Å². The van der Waals surface area contributed by atoms with Crippen LogP contribution in [0, 0.1) is 0 Å². The molecule has 2 rings (SSSR count). The van der Waals surface area contributed by atoms with Crippen LogP contribution in [0.3, 0.4) is 0 Å². The number of benzene rings is 2. The first kappa shape index (κ1) is 19.5. The maximum absolute atomic E-state index is 12.3. The number of carbonyl (C=O) groups is 1. The number of carbonyl (C=O) groups excluding carboxylic acids is 1. The van der Waals surface area contributed by atoms with Gasteiger partial charge < -0.3 is 19.3 Å². The Balaban J connectivity index is 2.24. The number of halogens is 3. The highest BCUT2D eigenvalue weighted by atomic mass is 35.5. The topological polar surface area (TPSA) is 65.0 Å². The van der Waals surface area contributed by atoms with Crippen molar-refractivity contribution in [1.82, 2.24) is 0 Å². The van der Waals surface area contributed by atoms with Gasteiger partial charge in [0.15, 0.2) is 28.8 Å². The molecule has 0 bridgehead atoms. The van der Waals surface area contributed by atoms with Gasteiger partial charge in [0.25, 0.3) is 0 Å². The second kappa shape index (κ2) is 8.53. The monoisotopic (exact) mass is 384 g/mol. The Morgan fingerprint density at radius 3 is 2.42 bits per heavy atom. The van der Waals surface area contributed by atoms with Gasteiger partial charge in [0.05, 0.1) is 19.2 Å². The Hall–Kier alpha value is -2.80. The second-order valence-corrected chi connectivity index (χ2v) is 5.40. The molecule has 0 fully saturated rings. The van der Waals surface area contributed by atoms with Crippen molar-refractivity contribution in [3.63, 3.8) is 0 Å². The molecule has 138 valence electrons. The van der Waals surface area contributed by atoms with E-state index in [-0.39, 0.29) is 33.6 Å². The molecule has 0 unspecified atom stereocenters. The van der Waals surface area contributed by atoms with Gasteiger partial charge in [0, 0.05) is 5.56 Å². The molecular weight excluding hydrogens is 370 g/mol. The summed E-state index contributed by atoms with van der Waals surface area (Å²) in [4.78, 5) is 12.3. The normalized spacial score (nSPS) is 11.0. The van der Waals surface area contributed by atoms with Crippen molar-refractivity contribution in [3.05, 3.63) is 52.6 Å². The molecule has 0 aromatic heterocycles. The van der Waals surface area contributed by atoms with E-state index in [9.17, 15) is 18.7 Å². The van der Waals surface area contributed by atoms with Crippen molar-refractivity contribution in [3.8, 4) is 23.0 Å². The number of methoxy groups -OCH3 is 2. The van der Waals surface area contributed by atoms with Crippen LogP contribution in [0.2, 0.25) is 5.02 Å². The molecule has 0 saturated carbocycles. The summed E-state index contributed by atoms with van der Waals surface area (Å²) in [6, 6.07) is 6.84. The van der Waals surface area contributed by atoms with Crippen LogP contribution in [0.1, 0.15) is 15.9 Å². The predicted molar refractivity (Wildman–Crippen MR) is 92.7 cm³/mol. The third-order valence-corrected chi connectivity index (χ3v) is 3.65. The molecule has 0 radical (unpaired) electrons. The number of rotatable bonds is 7. The van der Waals surface area contributed by atoms with Gasteiger partial charge in [-0.15, -0.1) is 0 Å². The minimum Gasteiger partial charge on any atom is -0.503 e. The molecule has 0 heterocycles. The highest BCUT2D eigenvalue weighted by Crippen LogP contribution is 2.35. The van der Waals surface area contributed by atoms with Crippen molar-refractivity contribution in [1.29, 1.82) is 0 Å². The summed E-state index contributed by atoms with van der Waals surface area (Å²) in [6.45, 7) is -3.00. The van der Waals surface area contributed by atoms with Gasteiger partial charge in [-0.25, -0.2) is 0 Å². The summed E-state index contributed by atoms with van der Waals surface area (Å²) >= 11 is 5.89. The number of aromatic hydroxyl groups is 1. The average molecular weight is 385 g/mol. The van der Waals surface area contributed by atoms with Crippen LogP contribution in [0.5, 0.6) is 23.0 Å². The lowest BCUT2D eigenvalue weighted by atomic mass is 10.1. The fourth-order valence-electron chi connectivity index (χ4n) is 2.13. The number of ketones is 1. The van der Waals surface area contributed by atoms with E-state index in [2.05, 4.69) is 4.74 Å². The van der Waals surface area contributed by atoms with Gasteiger partial charge in [0.1, 0.15) is 0 Å². The van der Waals surface area contributed by atoms with Crippen molar-refractivity contribution in [2.75, 3.05) is 14.2 Å². The summed E-state index contributed by atoms with van der Waals surface area (Å²) in [5.74, 6) is -0.580. The Morgan fingerprint density at radius 1 is 1.12 bits per heavy atom. The third kappa shape index (κ3) is 4.64. The molecule has 0 aliphatic carbocycles. The summed E-state index contributed by atoms with van der Waals surface area (Å²) in [5, 5.41) is 9.77. The molecule has 0 saturated heterocycles. The van der Waals surface area contributed by atoms with Crippen molar-refractivity contribution < 1.29 is 32.9 Å². The lowest BCUT2D eigenvalue weighted by Crippen LogP contribution is -2.04. The maximum Gasteiger partial charge on any atom is 0.387 e. The molecule has 2 aromatic rings. The SMILES string of the molecule is COc1cc(C(=O)/C=C/c2cc(Cl)c(O)c(OC)c2)ccc1OC(F)F. The zero-order valence-electron chi connectivity index (χ0n) is 13.8. The Labute approximate surface area is 153 Å². The fraction of sp³-hybridized carbons (Fsp3) is 0.167. The number of alkyl halides is 2. The molecule has 0 amide bonds. The van der Waals surface area contributed by atoms with Gasteiger partial charge >= 0.3 is 6.61 Å². The standard InChI is InChI=1S/C18H15ClF2O5/c1-24-15-9-11(4-6-14(15)26-18(20)21)13(22)5-3-10-7-12(19)17(23)16(8-10)25-2/h3-9,18,23H,1-2H3/b5-3+. The molecule has 1 N–H and O–H groups in total. The minimum absolute atomic E-state index is 0.0129. The van der Waals surface area contributed by atoms with Crippen LogP contribution in [0.25, 0.3) is 6.08 Å². The molecule has 2 aromatic carbocycles. The van der Waals surface area contributed by atoms with Crippen molar-refractivity contribution in [2.45, 2.75) is 6.61 Å². The molecule has 0 atom stereocenters. The molecule has 5 nitrogen and oxygen atoms in total. The maximum atomic E-state index is 12.3. The Morgan fingerprint density at radius 2 is 1.81 bits per heavy atom. The molecule has 0 aliphatic rings. The highest BCUT2D eigenvalue weighted by Gasteiger charge is 2.13. The molecular formula is C18H15ClF2O5. The highest BCUT2D eigenvalue weighted by molar-refractivity contribution is 6.32. The summed E-state index contributed by atoms with van der Waals surface area (Å²) in [5.41, 5.74) is 0.749. The summed E-state index contributed by atoms with van der Waals surface area (Å²) in [6.07, 6.45) is 2.75. The predicted octanol–water partition coefficient (Wildman–Crippen LogP) is 4.56. The first-order valence-electron chi connectivity index (χ1n) is 7.27. The molecule has 0 aliphatic heterocycles. The number of hydrogen-bond acceptors (Lipinski definition) is 5. The fourth-order valence-corrected chi connectivity index (χ4v) is 2.35. The number of phenols is 1. The minimum atomic E-state index is -3.00. The summed E-state index contributed by atoms with van der Waals surface area (Å²) in [7, 11) is 2.65. The van der Waals surface area contributed by atoms with Gasteiger partial charge in [-0.2, -0.15) is 8.78 Å². The molecule has 26 heavy (non-hydrogen) atoms. The first-order valence-corrected chi connectivity index (χ1v) is 7.65. The molecule has 0 spiro atoms. The van der Waals surface area contributed by atoms with E-state index in [1.807, 2.05) is 0 Å². The smallest absolute Gasteiger partial charge is 0.387 e. The second-order valence-electron chi connectivity index (χ2n) is 5.00. The zero-order chi connectivity index (χ0) is 19.3. The average Bonchev–Trinajstić information content (AvgIpc) is 2.62. The van der Waals surface area contributed by atoms with Crippen LogP contribution >= 0.6 is 11.6 Å². The van der Waals surface area contributed by atoms with Crippen LogP contribution in [0.4, 0.5) is 8.78 Å². The van der Waals surface area contributed by atoms with Gasteiger partial charge in [0.2, 0.25) is 0 Å². The van der Waals surface area contributed by atoms with Gasteiger partial charge in [-0.1, -0.05) is 17.7 Å². The Kier molecular flexibility index (Phi) is 6.41. The lowest BCUT2D eigenvalue weighted by Gasteiger charge is -2.10. The van der Waals surface area contributed by atoms with Gasteiger partial charge in [-0.05, 0) is 42.0 Å². The number of allylic oxidation sites excluding steroid dienone is 1. The van der Waals surface area contributed by atoms with E-state index in [1.165, 1.54) is 56.7 Å². The van der Waals surface area contributed by atoms with Gasteiger partial charge in [-0.3, -0.25) is 4.79 Å². The van der Waals surface area contributed by atoms with Crippen LogP contribution in [-0.4, -0.2) is 31.7 Å². The number of hydrogen-bond donors (Lipinski definition) is 1. The van der Waals surface area contributed by atoms with E-state index in [0.717, 1.165) is 0 Å². The number of ether oxygens (including phenoxy) is 3. The van der Waals surface area contributed by atoms with Crippen molar-refractivity contribution >= 4 is 23.5 Å². The molecule has 8 heteroatoms.